The summed E-state index contributed by atoms with van der Waals surface area (Å²) in [6, 6.07) is 15.3. The third-order valence-corrected chi connectivity index (χ3v) is 4.51. The highest BCUT2D eigenvalue weighted by Gasteiger charge is 2.30. The van der Waals surface area contributed by atoms with Crippen molar-refractivity contribution in [2.75, 3.05) is 0 Å². The van der Waals surface area contributed by atoms with E-state index in [0.29, 0.717) is 17.9 Å². The molecule has 8 nitrogen and oxygen atoms in total. The smallest absolute Gasteiger partial charge is 0.408 e. The lowest BCUT2D eigenvalue weighted by atomic mass is 9.92. The van der Waals surface area contributed by atoms with Crippen LogP contribution in [0.5, 0.6) is 5.75 Å². The summed E-state index contributed by atoms with van der Waals surface area (Å²) in [7, 11) is 0. The summed E-state index contributed by atoms with van der Waals surface area (Å²) in [4.78, 5) is 35.2. The van der Waals surface area contributed by atoms with Crippen LogP contribution in [0.4, 0.5) is 4.79 Å². The van der Waals surface area contributed by atoms with Crippen LogP contribution in [0.3, 0.4) is 0 Å². The van der Waals surface area contributed by atoms with Crippen molar-refractivity contribution in [1.82, 2.24) is 5.32 Å². The highest BCUT2D eigenvalue weighted by Crippen LogP contribution is 2.20. The van der Waals surface area contributed by atoms with E-state index in [1.165, 1.54) is 0 Å². The summed E-state index contributed by atoms with van der Waals surface area (Å²) in [5.74, 6) is -2.85. The van der Waals surface area contributed by atoms with Gasteiger partial charge in [-0.25, -0.2) is 9.59 Å². The van der Waals surface area contributed by atoms with Crippen LogP contribution >= 0.6 is 0 Å². The number of rotatable bonds is 10. The summed E-state index contributed by atoms with van der Waals surface area (Å²) in [5, 5.41) is 21.3. The number of carbonyl (C=O) groups excluding carboxylic acids is 1. The Labute approximate surface area is 187 Å². The Balaban J connectivity index is 1.98. The van der Waals surface area contributed by atoms with Crippen LogP contribution in [0.2, 0.25) is 0 Å². The van der Waals surface area contributed by atoms with Gasteiger partial charge >= 0.3 is 18.0 Å². The Morgan fingerprint density at radius 2 is 1.53 bits per heavy atom. The molecule has 2 aromatic rings. The molecule has 32 heavy (non-hydrogen) atoms. The summed E-state index contributed by atoms with van der Waals surface area (Å²) in [5.41, 5.74) is 0.939. The van der Waals surface area contributed by atoms with Gasteiger partial charge in [-0.15, -0.1) is 0 Å². The second kappa shape index (κ2) is 11.2. The maximum Gasteiger partial charge on any atom is 0.408 e. The fraction of sp³-hybridized carbons (Fsp3) is 0.375. The molecule has 8 heteroatoms. The van der Waals surface area contributed by atoms with Crippen molar-refractivity contribution < 1.29 is 34.1 Å². The maximum absolute atomic E-state index is 11.9. The van der Waals surface area contributed by atoms with Gasteiger partial charge in [-0.1, -0.05) is 42.5 Å². The molecule has 0 fully saturated rings. The van der Waals surface area contributed by atoms with Crippen LogP contribution in [0.1, 0.15) is 38.3 Å². The number of benzene rings is 2. The predicted molar refractivity (Wildman–Crippen MR) is 117 cm³/mol. The minimum Gasteiger partial charge on any atom is -0.489 e. The van der Waals surface area contributed by atoms with Crippen LogP contribution < -0.4 is 10.1 Å². The van der Waals surface area contributed by atoms with Crippen LogP contribution in [0.15, 0.2) is 54.6 Å². The fourth-order valence-electron chi connectivity index (χ4n) is 2.97. The molecule has 172 valence electrons. The number of hydrogen-bond donors (Lipinski definition) is 3. The first-order valence-corrected chi connectivity index (χ1v) is 10.2. The molecule has 3 N–H and O–H groups in total. The predicted octanol–water partition coefficient (Wildman–Crippen LogP) is 3.88. The minimum absolute atomic E-state index is 0.105. The third-order valence-electron chi connectivity index (χ3n) is 4.51. The molecule has 0 aromatic heterocycles. The lowest BCUT2D eigenvalue weighted by molar-refractivity contribution is -0.144. The highest BCUT2D eigenvalue weighted by molar-refractivity contribution is 5.81. The quantitative estimate of drug-likeness (QED) is 0.509. The Morgan fingerprint density at radius 1 is 0.906 bits per heavy atom. The van der Waals surface area contributed by atoms with Gasteiger partial charge < -0.3 is 25.0 Å². The van der Waals surface area contributed by atoms with Crippen molar-refractivity contribution >= 4 is 18.0 Å². The number of hydrogen-bond acceptors (Lipinski definition) is 5. The summed E-state index contributed by atoms with van der Waals surface area (Å²) >= 11 is 0. The zero-order chi connectivity index (χ0) is 23.7. The first-order chi connectivity index (χ1) is 15.0. The number of amides is 1. The molecule has 0 saturated carbocycles. The van der Waals surface area contributed by atoms with Gasteiger partial charge in [0, 0.05) is 0 Å². The molecule has 0 spiro atoms. The van der Waals surface area contributed by atoms with Crippen LogP contribution in [-0.4, -0.2) is 39.9 Å². The van der Waals surface area contributed by atoms with E-state index < -0.39 is 35.6 Å². The van der Waals surface area contributed by atoms with E-state index in [-0.39, 0.29) is 12.8 Å². The first-order valence-electron chi connectivity index (χ1n) is 10.2. The van der Waals surface area contributed by atoms with Crippen molar-refractivity contribution in [3.8, 4) is 5.75 Å². The number of carboxylic acid groups (broad SMARTS) is 2. The van der Waals surface area contributed by atoms with Crippen molar-refractivity contribution in [2.24, 2.45) is 5.92 Å². The number of nitrogens with one attached hydrogen (secondary N) is 1. The molecule has 0 aliphatic heterocycles. The van der Waals surface area contributed by atoms with E-state index in [1.807, 2.05) is 30.3 Å². The second-order valence-electron chi connectivity index (χ2n) is 8.43. The number of alkyl carbamates (subject to hydrolysis) is 1. The second-order valence-corrected chi connectivity index (χ2v) is 8.43. The fourth-order valence-corrected chi connectivity index (χ4v) is 2.97. The molecule has 0 bridgehead atoms. The normalized spacial score (nSPS) is 13.0. The number of aliphatic carboxylic acids is 2. The van der Waals surface area contributed by atoms with E-state index >= 15 is 0 Å². The maximum atomic E-state index is 11.9. The van der Waals surface area contributed by atoms with Crippen molar-refractivity contribution in [3.05, 3.63) is 65.7 Å². The molecule has 0 aliphatic rings. The highest BCUT2D eigenvalue weighted by atomic mass is 16.6. The molecule has 0 unspecified atom stereocenters. The van der Waals surface area contributed by atoms with Crippen molar-refractivity contribution in [3.63, 3.8) is 0 Å². The zero-order valence-corrected chi connectivity index (χ0v) is 18.4. The van der Waals surface area contributed by atoms with Gasteiger partial charge in [-0.05, 0) is 56.9 Å². The third kappa shape index (κ3) is 8.67. The minimum atomic E-state index is -1.39. The van der Waals surface area contributed by atoms with Gasteiger partial charge in [0.1, 0.15) is 24.0 Å². The van der Waals surface area contributed by atoms with Gasteiger partial charge in [0.05, 0.1) is 5.92 Å². The number of carboxylic acids is 2. The summed E-state index contributed by atoms with van der Waals surface area (Å²) < 4.78 is 10.8. The molecule has 2 atom stereocenters. The van der Waals surface area contributed by atoms with Gasteiger partial charge in [0.2, 0.25) is 0 Å². The van der Waals surface area contributed by atoms with E-state index in [1.54, 1.807) is 45.0 Å². The number of ether oxygens (including phenoxy) is 2. The van der Waals surface area contributed by atoms with E-state index in [2.05, 4.69) is 5.32 Å². The van der Waals surface area contributed by atoms with Gasteiger partial charge in [0.15, 0.2) is 0 Å². The Morgan fingerprint density at radius 3 is 2.06 bits per heavy atom. The average molecular weight is 443 g/mol. The largest absolute Gasteiger partial charge is 0.489 e. The lowest BCUT2D eigenvalue weighted by Crippen LogP contribution is -2.45. The average Bonchev–Trinajstić information content (AvgIpc) is 2.71. The summed E-state index contributed by atoms with van der Waals surface area (Å²) in [6.07, 6.45) is -1.08. The Bertz CT molecular complexity index is 904. The zero-order valence-electron chi connectivity index (χ0n) is 18.4. The summed E-state index contributed by atoms with van der Waals surface area (Å²) in [6.45, 7) is 5.36. The molecule has 0 radical (unpaired) electrons. The van der Waals surface area contributed by atoms with Crippen LogP contribution in [-0.2, 0) is 27.4 Å². The van der Waals surface area contributed by atoms with Crippen molar-refractivity contribution in [2.45, 2.75) is 51.9 Å². The van der Waals surface area contributed by atoms with Gasteiger partial charge in [-0.3, -0.25) is 4.79 Å². The van der Waals surface area contributed by atoms with E-state index in [9.17, 15) is 24.6 Å². The van der Waals surface area contributed by atoms with E-state index in [0.717, 1.165) is 5.56 Å². The molecule has 0 heterocycles. The Kier molecular flexibility index (Phi) is 8.63. The SMILES string of the molecule is CC(C)(C)OC(=O)N[C@H](C[C@@H](Cc1ccc(OCc2ccccc2)cc1)C(=O)O)C(=O)O. The molecule has 0 aliphatic carbocycles. The van der Waals surface area contributed by atoms with Crippen molar-refractivity contribution in [1.29, 1.82) is 0 Å². The monoisotopic (exact) mass is 443 g/mol. The topological polar surface area (TPSA) is 122 Å². The van der Waals surface area contributed by atoms with Gasteiger partial charge in [-0.2, -0.15) is 0 Å². The standard InChI is InChI=1S/C24H29NO7/c1-24(2,3)32-23(30)25-20(22(28)29)14-18(21(26)27)13-16-9-11-19(12-10-16)31-15-17-7-5-4-6-8-17/h4-12,18,20H,13-15H2,1-3H3,(H,25,30)(H,26,27)(H,28,29)/t18-,20-/m1/s1. The van der Waals surface area contributed by atoms with Crippen LogP contribution in [0.25, 0.3) is 0 Å². The van der Waals surface area contributed by atoms with Gasteiger partial charge in [0.25, 0.3) is 0 Å². The van der Waals surface area contributed by atoms with Crippen LogP contribution in [0, 0.1) is 5.92 Å². The van der Waals surface area contributed by atoms with E-state index in [4.69, 9.17) is 9.47 Å². The Hall–Kier alpha value is -3.55. The molecule has 1 amide bonds. The molecular weight excluding hydrogens is 414 g/mol. The molecule has 2 rings (SSSR count). The first kappa shape index (κ1) is 24.7. The number of carbonyl (C=O) groups is 3. The molecule has 2 aromatic carbocycles. The lowest BCUT2D eigenvalue weighted by Gasteiger charge is -2.23. The molecule has 0 saturated heterocycles. The molecular formula is C24H29NO7.